The average molecular weight is 520 g/mol. The number of piperazine rings is 1. The van der Waals surface area contributed by atoms with Crippen molar-refractivity contribution in [2.24, 2.45) is 5.92 Å². The zero-order valence-electron chi connectivity index (χ0n) is 22.1. The fraction of sp³-hybridized carbons (Fsp3) is 0.517. The van der Waals surface area contributed by atoms with E-state index in [1.807, 2.05) is 17.0 Å². The van der Waals surface area contributed by atoms with E-state index in [1.165, 1.54) is 17.6 Å². The summed E-state index contributed by atoms with van der Waals surface area (Å²) in [5.74, 6) is 0.690. The molecule has 0 radical (unpaired) electrons. The van der Waals surface area contributed by atoms with Crippen LogP contribution in [0.4, 0.5) is 4.79 Å². The number of phenolic OH excluding ortho intramolecular Hbond substituents is 1. The van der Waals surface area contributed by atoms with Gasteiger partial charge in [-0.1, -0.05) is 36.4 Å². The summed E-state index contributed by atoms with van der Waals surface area (Å²) in [4.78, 5) is 37.7. The first-order chi connectivity index (χ1) is 18.5. The van der Waals surface area contributed by atoms with Crippen molar-refractivity contribution in [1.82, 2.24) is 24.5 Å². The Hall–Kier alpha value is -3.14. The van der Waals surface area contributed by atoms with E-state index in [1.54, 1.807) is 12.1 Å². The van der Waals surface area contributed by atoms with Crippen molar-refractivity contribution in [1.29, 1.82) is 0 Å². The summed E-state index contributed by atoms with van der Waals surface area (Å²) in [6, 6.07) is 15.8. The van der Waals surface area contributed by atoms with E-state index in [2.05, 4.69) is 39.0 Å². The third kappa shape index (κ3) is 4.42. The van der Waals surface area contributed by atoms with Gasteiger partial charge in [-0.25, -0.2) is 4.79 Å². The molecule has 0 unspecified atom stereocenters. The molecule has 9 nitrogen and oxygen atoms in total. The van der Waals surface area contributed by atoms with Crippen molar-refractivity contribution in [3.63, 3.8) is 0 Å². The minimum atomic E-state index is -0.736. The molecule has 2 atom stereocenters. The molecule has 1 N–H and O–H groups in total. The molecule has 2 aromatic rings. The molecule has 4 fully saturated rings. The van der Waals surface area contributed by atoms with Gasteiger partial charge in [0.25, 0.3) is 5.91 Å². The van der Waals surface area contributed by atoms with Crippen LogP contribution in [0.5, 0.6) is 11.5 Å². The Morgan fingerprint density at radius 1 is 0.895 bits per heavy atom. The van der Waals surface area contributed by atoms with Gasteiger partial charge >= 0.3 is 6.03 Å². The molecule has 0 aliphatic carbocycles. The van der Waals surface area contributed by atoms with Crippen LogP contribution in [-0.2, 0) is 17.9 Å². The van der Waals surface area contributed by atoms with Crippen LogP contribution in [0.15, 0.2) is 48.5 Å². The highest BCUT2D eigenvalue weighted by molar-refractivity contribution is 6.08. The van der Waals surface area contributed by atoms with Crippen LogP contribution in [0.2, 0.25) is 0 Å². The number of rotatable bonds is 8. The predicted octanol–water partition coefficient (Wildman–Crippen LogP) is 2.06. The van der Waals surface area contributed by atoms with Crippen LogP contribution >= 0.6 is 0 Å². The number of imide groups is 1. The van der Waals surface area contributed by atoms with Crippen molar-refractivity contribution < 1.29 is 19.4 Å². The Kier molecular flexibility index (Phi) is 6.75. The van der Waals surface area contributed by atoms with Crippen molar-refractivity contribution >= 4 is 11.9 Å². The molecule has 0 bridgehead atoms. The van der Waals surface area contributed by atoms with Gasteiger partial charge in [-0.2, -0.15) is 0 Å². The van der Waals surface area contributed by atoms with Gasteiger partial charge in [0.1, 0.15) is 5.54 Å². The molecular formula is C29H37N5O4. The fourth-order valence-electron chi connectivity index (χ4n) is 6.87. The molecule has 3 amide bonds. The number of carbonyl (C=O) groups excluding carboxylic acids is 2. The molecular weight excluding hydrogens is 482 g/mol. The highest BCUT2D eigenvalue weighted by Crippen LogP contribution is 2.47. The quantitative estimate of drug-likeness (QED) is 0.535. The van der Waals surface area contributed by atoms with E-state index in [-0.39, 0.29) is 23.6 Å². The SMILES string of the molecule is COc1ccc(CN2C[C@H]3CCN4C(=O)N(CCN5CCN(Cc6ccccc6)CC5)C(=O)[C@]34C2)cc1O. The van der Waals surface area contributed by atoms with Crippen LogP contribution in [0.25, 0.3) is 0 Å². The molecule has 0 aromatic heterocycles. The molecule has 4 aliphatic rings. The highest BCUT2D eigenvalue weighted by atomic mass is 16.5. The molecule has 0 saturated carbocycles. The number of benzene rings is 2. The maximum atomic E-state index is 13.8. The molecule has 4 saturated heterocycles. The number of methoxy groups -OCH3 is 1. The number of nitrogens with zero attached hydrogens (tertiary/aromatic N) is 5. The fourth-order valence-corrected chi connectivity index (χ4v) is 6.87. The average Bonchev–Trinajstić information content (AvgIpc) is 3.51. The smallest absolute Gasteiger partial charge is 0.327 e. The van der Waals surface area contributed by atoms with Gasteiger partial charge < -0.3 is 14.7 Å². The topological polar surface area (TPSA) is 79.8 Å². The molecule has 4 aliphatic heterocycles. The number of aromatic hydroxyl groups is 1. The number of likely N-dealkylation sites (tertiary alicyclic amines) is 1. The van der Waals surface area contributed by atoms with Crippen LogP contribution in [0, 0.1) is 5.92 Å². The lowest BCUT2D eigenvalue weighted by Crippen LogP contribution is -2.52. The number of ether oxygens (including phenoxy) is 1. The zero-order chi connectivity index (χ0) is 26.3. The van der Waals surface area contributed by atoms with Gasteiger partial charge in [0.15, 0.2) is 11.5 Å². The Balaban J connectivity index is 1.05. The van der Waals surface area contributed by atoms with E-state index in [9.17, 15) is 14.7 Å². The van der Waals surface area contributed by atoms with Crippen molar-refractivity contribution in [2.75, 3.05) is 66.0 Å². The first-order valence-corrected chi connectivity index (χ1v) is 13.7. The number of phenols is 1. The van der Waals surface area contributed by atoms with Crippen LogP contribution < -0.4 is 4.74 Å². The van der Waals surface area contributed by atoms with E-state index < -0.39 is 5.54 Å². The summed E-state index contributed by atoms with van der Waals surface area (Å²) in [6.07, 6.45) is 0.860. The van der Waals surface area contributed by atoms with Gasteiger partial charge in [-0.15, -0.1) is 0 Å². The summed E-state index contributed by atoms with van der Waals surface area (Å²) >= 11 is 0. The van der Waals surface area contributed by atoms with Crippen LogP contribution in [-0.4, -0.2) is 113 Å². The minimum absolute atomic E-state index is 0.0206. The first-order valence-electron chi connectivity index (χ1n) is 13.7. The Morgan fingerprint density at radius 3 is 2.37 bits per heavy atom. The zero-order valence-corrected chi connectivity index (χ0v) is 22.1. The van der Waals surface area contributed by atoms with Crippen molar-refractivity contribution in [3.05, 3.63) is 59.7 Å². The summed E-state index contributed by atoms with van der Waals surface area (Å²) in [5.41, 5.74) is 1.56. The van der Waals surface area contributed by atoms with Crippen molar-refractivity contribution in [2.45, 2.75) is 25.0 Å². The lowest BCUT2D eigenvalue weighted by molar-refractivity contribution is -0.133. The number of hydrogen-bond donors (Lipinski definition) is 1. The standard InChI is InChI=1S/C29H37N5O4/c1-38-26-8-7-23(17-25(26)35)19-32-20-24-9-10-34-28(37)33(27(36)29(24,34)21-32)16-15-30-11-13-31(14-12-30)18-22-5-3-2-4-6-22/h2-8,17,24,35H,9-16,18-21H2,1H3/t24-,29+/m1/s1. The monoisotopic (exact) mass is 519 g/mol. The minimum Gasteiger partial charge on any atom is -0.504 e. The largest absolute Gasteiger partial charge is 0.504 e. The number of amides is 3. The summed E-state index contributed by atoms with van der Waals surface area (Å²) in [7, 11) is 1.53. The molecule has 1 spiro atoms. The second-order valence-electron chi connectivity index (χ2n) is 11.1. The third-order valence-corrected chi connectivity index (χ3v) is 8.88. The maximum absolute atomic E-state index is 13.8. The van der Waals surface area contributed by atoms with Crippen LogP contribution in [0.1, 0.15) is 17.5 Å². The van der Waals surface area contributed by atoms with E-state index in [4.69, 9.17) is 4.74 Å². The van der Waals surface area contributed by atoms with Crippen molar-refractivity contribution in [3.8, 4) is 11.5 Å². The van der Waals surface area contributed by atoms with Gasteiger partial charge in [0.2, 0.25) is 0 Å². The summed E-state index contributed by atoms with van der Waals surface area (Å²) < 4.78 is 5.16. The lowest BCUT2D eigenvalue weighted by atomic mass is 9.88. The second-order valence-corrected chi connectivity index (χ2v) is 11.1. The molecule has 38 heavy (non-hydrogen) atoms. The Morgan fingerprint density at radius 2 is 1.63 bits per heavy atom. The Bertz CT molecular complexity index is 1180. The normalized spacial score (nSPS) is 26.3. The predicted molar refractivity (Wildman–Crippen MR) is 143 cm³/mol. The number of carbonyl (C=O) groups is 2. The van der Waals surface area contributed by atoms with E-state index >= 15 is 0 Å². The Labute approximate surface area is 224 Å². The molecule has 9 heteroatoms. The highest BCUT2D eigenvalue weighted by Gasteiger charge is 2.67. The second kappa shape index (κ2) is 10.2. The first kappa shape index (κ1) is 25.2. The summed E-state index contributed by atoms with van der Waals surface area (Å²) in [5, 5.41) is 10.2. The molecule has 6 rings (SSSR count). The van der Waals surface area contributed by atoms with Crippen LogP contribution in [0.3, 0.4) is 0 Å². The van der Waals surface area contributed by atoms with E-state index in [0.717, 1.165) is 57.8 Å². The number of urea groups is 1. The molecule has 4 heterocycles. The maximum Gasteiger partial charge on any atom is 0.327 e. The van der Waals surface area contributed by atoms with Gasteiger partial charge in [-0.3, -0.25) is 24.4 Å². The molecule has 202 valence electrons. The number of hydrogen-bond acceptors (Lipinski definition) is 7. The third-order valence-electron chi connectivity index (χ3n) is 8.88. The van der Waals surface area contributed by atoms with Gasteiger partial charge in [-0.05, 0) is 29.7 Å². The lowest BCUT2D eigenvalue weighted by Gasteiger charge is -2.35. The van der Waals surface area contributed by atoms with E-state index in [0.29, 0.717) is 31.9 Å². The summed E-state index contributed by atoms with van der Waals surface area (Å²) in [6.45, 7) is 8.61. The van der Waals surface area contributed by atoms with Gasteiger partial charge in [0.05, 0.1) is 7.11 Å². The molecule has 2 aromatic carbocycles. The van der Waals surface area contributed by atoms with Gasteiger partial charge in [0, 0.05) is 77.9 Å².